The molecule has 3 nitrogen and oxygen atoms in total. The Morgan fingerprint density at radius 3 is 2.80 bits per heavy atom. The summed E-state index contributed by atoms with van der Waals surface area (Å²) in [6, 6.07) is 11.2. The van der Waals surface area contributed by atoms with Crippen LogP contribution in [-0.4, -0.2) is 18.2 Å². The third-order valence-corrected chi connectivity index (χ3v) is 3.69. The first-order valence-electron chi connectivity index (χ1n) is 6.12. The van der Waals surface area contributed by atoms with Crippen LogP contribution in [0.4, 0.5) is 0 Å². The molecule has 0 aliphatic heterocycles. The van der Waals surface area contributed by atoms with Crippen LogP contribution >= 0.6 is 23.4 Å². The van der Waals surface area contributed by atoms with Gasteiger partial charge < -0.3 is 9.73 Å². The number of carbonyl (C=O) groups is 1. The summed E-state index contributed by atoms with van der Waals surface area (Å²) in [6.45, 7) is 0.606. The van der Waals surface area contributed by atoms with E-state index < -0.39 is 0 Å². The zero-order chi connectivity index (χ0) is 14.2. The molecule has 0 saturated heterocycles. The van der Waals surface area contributed by atoms with E-state index in [2.05, 4.69) is 5.32 Å². The van der Waals surface area contributed by atoms with Crippen LogP contribution in [-0.2, 0) is 4.79 Å². The van der Waals surface area contributed by atoms with Crippen molar-refractivity contribution in [3.05, 3.63) is 59.5 Å². The maximum Gasteiger partial charge on any atom is 0.244 e. The van der Waals surface area contributed by atoms with Gasteiger partial charge in [-0.1, -0.05) is 11.6 Å². The predicted molar refractivity (Wildman–Crippen MR) is 82.9 cm³/mol. The first-order chi connectivity index (χ1) is 9.74. The average Bonchev–Trinajstić information content (AvgIpc) is 2.96. The highest BCUT2D eigenvalue weighted by molar-refractivity contribution is 7.99. The molecule has 2 aromatic rings. The molecule has 104 valence electrons. The largest absolute Gasteiger partial charge is 0.465 e. The molecule has 1 heterocycles. The number of hydrogen-bond acceptors (Lipinski definition) is 3. The summed E-state index contributed by atoms with van der Waals surface area (Å²) in [5.41, 5.74) is 0. The van der Waals surface area contributed by atoms with Crippen LogP contribution < -0.4 is 5.32 Å². The van der Waals surface area contributed by atoms with Crippen LogP contribution in [0.1, 0.15) is 5.76 Å². The predicted octanol–water partition coefficient (Wildman–Crippen LogP) is 3.85. The average molecular weight is 308 g/mol. The molecule has 0 aliphatic carbocycles. The lowest BCUT2D eigenvalue weighted by atomic mass is 10.4. The van der Waals surface area contributed by atoms with Crippen molar-refractivity contribution in [1.29, 1.82) is 0 Å². The molecule has 1 N–H and O–H groups in total. The third-order valence-electron chi connectivity index (χ3n) is 2.43. The molecule has 5 heteroatoms. The van der Waals surface area contributed by atoms with Gasteiger partial charge in [0.05, 0.1) is 6.26 Å². The first-order valence-corrected chi connectivity index (χ1v) is 7.48. The van der Waals surface area contributed by atoms with Crippen LogP contribution in [0.15, 0.2) is 58.1 Å². The van der Waals surface area contributed by atoms with E-state index in [1.165, 1.54) is 6.08 Å². The molecule has 0 spiro atoms. The van der Waals surface area contributed by atoms with E-state index in [-0.39, 0.29) is 5.91 Å². The van der Waals surface area contributed by atoms with Gasteiger partial charge in [-0.25, -0.2) is 0 Å². The Labute approximate surface area is 127 Å². The van der Waals surface area contributed by atoms with Crippen LogP contribution in [0.25, 0.3) is 6.08 Å². The molecule has 0 radical (unpaired) electrons. The molecule has 1 aromatic carbocycles. The summed E-state index contributed by atoms with van der Waals surface area (Å²) in [6.07, 6.45) is 4.67. The Morgan fingerprint density at radius 2 is 2.10 bits per heavy atom. The van der Waals surface area contributed by atoms with Crippen LogP contribution in [0.5, 0.6) is 0 Å². The van der Waals surface area contributed by atoms with E-state index >= 15 is 0 Å². The highest BCUT2D eigenvalue weighted by atomic mass is 35.5. The van der Waals surface area contributed by atoms with Crippen molar-refractivity contribution in [2.24, 2.45) is 0 Å². The van der Waals surface area contributed by atoms with Gasteiger partial charge in [0.2, 0.25) is 5.91 Å². The number of amides is 1. The number of carbonyl (C=O) groups excluding carboxylic acids is 1. The van der Waals surface area contributed by atoms with E-state index in [0.29, 0.717) is 12.3 Å². The monoisotopic (exact) mass is 307 g/mol. The Kier molecular flexibility index (Phi) is 5.77. The Hall–Kier alpha value is -1.65. The molecule has 1 aromatic heterocycles. The smallest absolute Gasteiger partial charge is 0.244 e. The summed E-state index contributed by atoms with van der Waals surface area (Å²) >= 11 is 7.48. The second kappa shape index (κ2) is 7.82. The van der Waals surface area contributed by atoms with Gasteiger partial charge in [0.1, 0.15) is 5.76 Å². The van der Waals surface area contributed by atoms with Crippen molar-refractivity contribution < 1.29 is 9.21 Å². The van der Waals surface area contributed by atoms with E-state index in [1.807, 2.05) is 24.3 Å². The normalized spacial score (nSPS) is 10.8. The molecule has 0 atom stereocenters. The Morgan fingerprint density at radius 1 is 1.30 bits per heavy atom. The van der Waals surface area contributed by atoms with Crippen LogP contribution in [0, 0.1) is 0 Å². The fourth-order valence-corrected chi connectivity index (χ4v) is 2.37. The Balaban J connectivity index is 1.65. The number of furan rings is 1. The summed E-state index contributed by atoms with van der Waals surface area (Å²) < 4.78 is 5.10. The minimum atomic E-state index is -0.127. The van der Waals surface area contributed by atoms with E-state index in [0.717, 1.165) is 15.7 Å². The van der Waals surface area contributed by atoms with Gasteiger partial charge >= 0.3 is 0 Å². The maximum atomic E-state index is 11.5. The summed E-state index contributed by atoms with van der Waals surface area (Å²) in [7, 11) is 0. The van der Waals surface area contributed by atoms with Crippen LogP contribution in [0.3, 0.4) is 0 Å². The SMILES string of the molecule is O=C(/C=C/c1ccco1)NCCSc1ccc(Cl)cc1. The molecule has 0 unspecified atom stereocenters. The van der Waals surface area contributed by atoms with Gasteiger partial charge in [-0.05, 0) is 42.5 Å². The van der Waals surface area contributed by atoms with Crippen molar-refractivity contribution in [2.45, 2.75) is 4.90 Å². The minimum Gasteiger partial charge on any atom is -0.465 e. The molecular formula is C15H14ClNO2S. The number of rotatable bonds is 6. The first kappa shape index (κ1) is 14.8. The molecule has 1 amide bonds. The highest BCUT2D eigenvalue weighted by Crippen LogP contribution is 2.19. The number of hydrogen-bond donors (Lipinski definition) is 1. The highest BCUT2D eigenvalue weighted by Gasteiger charge is 1.97. The van der Waals surface area contributed by atoms with E-state index in [4.69, 9.17) is 16.0 Å². The van der Waals surface area contributed by atoms with Crippen molar-refractivity contribution in [3.8, 4) is 0 Å². The van der Waals surface area contributed by atoms with Gasteiger partial charge in [-0.3, -0.25) is 4.79 Å². The zero-order valence-electron chi connectivity index (χ0n) is 10.7. The molecule has 0 aliphatic rings. The quantitative estimate of drug-likeness (QED) is 0.500. The lowest BCUT2D eigenvalue weighted by molar-refractivity contribution is -0.116. The van der Waals surface area contributed by atoms with E-state index in [9.17, 15) is 4.79 Å². The van der Waals surface area contributed by atoms with Gasteiger partial charge in [0, 0.05) is 28.3 Å². The summed E-state index contributed by atoms with van der Waals surface area (Å²) in [4.78, 5) is 12.7. The van der Waals surface area contributed by atoms with E-state index in [1.54, 1.807) is 36.2 Å². The number of halogens is 1. The van der Waals surface area contributed by atoms with Gasteiger partial charge in [-0.2, -0.15) is 0 Å². The summed E-state index contributed by atoms with van der Waals surface area (Å²) in [5, 5.41) is 3.54. The van der Waals surface area contributed by atoms with Gasteiger partial charge in [0.25, 0.3) is 0 Å². The second-order valence-electron chi connectivity index (χ2n) is 3.94. The standard InChI is InChI=1S/C15H14ClNO2S/c16-12-3-6-14(7-4-12)20-11-9-17-15(18)8-5-13-2-1-10-19-13/h1-8,10H,9,11H2,(H,17,18)/b8-5+. The fraction of sp³-hybridized carbons (Fsp3) is 0.133. The molecule has 0 bridgehead atoms. The van der Waals surface area contributed by atoms with Gasteiger partial charge in [0.15, 0.2) is 0 Å². The second-order valence-corrected chi connectivity index (χ2v) is 5.55. The molecule has 2 rings (SSSR count). The van der Waals surface area contributed by atoms with Gasteiger partial charge in [-0.15, -0.1) is 11.8 Å². The topological polar surface area (TPSA) is 42.2 Å². The molecular weight excluding hydrogens is 294 g/mol. The third kappa shape index (κ3) is 5.15. The van der Waals surface area contributed by atoms with Crippen molar-refractivity contribution >= 4 is 35.3 Å². The molecule has 20 heavy (non-hydrogen) atoms. The molecule has 0 saturated carbocycles. The van der Waals surface area contributed by atoms with Crippen LogP contribution in [0.2, 0.25) is 5.02 Å². The maximum absolute atomic E-state index is 11.5. The fourth-order valence-electron chi connectivity index (χ4n) is 1.48. The Bertz CT molecular complexity index is 564. The minimum absolute atomic E-state index is 0.127. The number of benzene rings is 1. The molecule has 0 fully saturated rings. The zero-order valence-corrected chi connectivity index (χ0v) is 12.3. The number of thioether (sulfide) groups is 1. The lowest BCUT2D eigenvalue weighted by Gasteiger charge is -2.02. The van der Waals surface area contributed by atoms with Crippen molar-refractivity contribution in [2.75, 3.05) is 12.3 Å². The van der Waals surface area contributed by atoms with Crippen molar-refractivity contribution in [1.82, 2.24) is 5.32 Å². The lowest BCUT2D eigenvalue weighted by Crippen LogP contribution is -2.23. The van der Waals surface area contributed by atoms with Crippen molar-refractivity contribution in [3.63, 3.8) is 0 Å². The summed E-state index contributed by atoms with van der Waals surface area (Å²) in [5.74, 6) is 1.34. The number of nitrogens with one attached hydrogen (secondary N) is 1.